The van der Waals surface area contributed by atoms with E-state index in [0.29, 0.717) is 34.9 Å². The zero-order valence-corrected chi connectivity index (χ0v) is 34.0. The molecule has 59 heavy (non-hydrogen) atoms. The molecule has 1 unspecified atom stereocenters. The second-order valence-electron chi connectivity index (χ2n) is 16.8. The number of hydrogen-bond donors (Lipinski definition) is 1. The highest BCUT2D eigenvalue weighted by Crippen LogP contribution is 2.42. The van der Waals surface area contributed by atoms with Gasteiger partial charge < -0.3 is 23.8 Å². The van der Waals surface area contributed by atoms with Crippen LogP contribution in [0.3, 0.4) is 0 Å². The monoisotopic (exact) mass is 801 g/mol. The van der Waals surface area contributed by atoms with Crippen LogP contribution in [-0.2, 0) is 23.2 Å². The van der Waals surface area contributed by atoms with E-state index >= 15 is 0 Å². The molecule has 0 radical (unpaired) electrons. The van der Waals surface area contributed by atoms with E-state index in [-0.39, 0.29) is 24.3 Å². The second kappa shape index (κ2) is 15.9. The zero-order valence-electron chi connectivity index (χ0n) is 34.0. The van der Waals surface area contributed by atoms with Gasteiger partial charge in [0.2, 0.25) is 11.8 Å². The van der Waals surface area contributed by atoms with Crippen LogP contribution in [0, 0.1) is 5.92 Å². The van der Waals surface area contributed by atoms with Crippen LogP contribution in [0.5, 0.6) is 11.5 Å². The minimum Gasteiger partial charge on any atom is -0.496 e. The van der Waals surface area contributed by atoms with Crippen LogP contribution in [0.25, 0.3) is 21.9 Å². The maximum Gasteiger partial charge on any atom is 0.262 e. The van der Waals surface area contributed by atoms with Gasteiger partial charge >= 0.3 is 0 Å². The van der Waals surface area contributed by atoms with Gasteiger partial charge in [-0.2, -0.15) is 0 Å². The highest BCUT2D eigenvalue weighted by Gasteiger charge is 2.45. The predicted molar refractivity (Wildman–Crippen MR) is 222 cm³/mol. The summed E-state index contributed by atoms with van der Waals surface area (Å²) in [4.78, 5) is 76.6. The minimum atomic E-state index is -0.965. The number of nitrogens with zero attached hydrogens (tertiary/aromatic N) is 6. The second-order valence-corrected chi connectivity index (χ2v) is 16.8. The van der Waals surface area contributed by atoms with Gasteiger partial charge in [-0.15, -0.1) is 0 Å². The van der Waals surface area contributed by atoms with Crippen molar-refractivity contribution in [1.29, 1.82) is 0 Å². The summed E-state index contributed by atoms with van der Waals surface area (Å²) in [7, 11) is 5.18. The molecule has 4 aromatic rings. The number of imide groups is 2. The Bertz CT molecular complexity index is 2380. The standard InChI is InChI=1S/C45H51N7O7/c1-48-25-35(32-23-37(28-4-5-28)46-24-34(32)43(48)55)29-20-39(58-2)36(40(21-29)59-3)26-50-18-16-49(17-19-50)13-10-27-11-14-51(15-12-27)30-6-7-31-33(22-30)45(57)52(44(31)56)38-8-9-41(53)47-42(38)54/h6-7,20-25,27-28,38H,4-5,8-19,26H2,1-3H3,(H,47,53,54). The molecule has 3 saturated heterocycles. The molecule has 1 N–H and O–H groups in total. The number of ether oxygens (including phenoxy) is 2. The Morgan fingerprint density at radius 2 is 1.46 bits per heavy atom. The number of carbonyl (C=O) groups is 4. The third kappa shape index (κ3) is 7.48. The van der Waals surface area contributed by atoms with Crippen molar-refractivity contribution < 1.29 is 28.7 Å². The number of rotatable bonds is 11. The Hall–Kier alpha value is -5.60. The van der Waals surface area contributed by atoms with Crippen LogP contribution in [0.15, 0.2) is 53.6 Å². The van der Waals surface area contributed by atoms with Gasteiger partial charge in [0.25, 0.3) is 17.4 Å². The van der Waals surface area contributed by atoms with Gasteiger partial charge in [-0.3, -0.25) is 44.1 Å². The molecule has 4 amide bonds. The summed E-state index contributed by atoms with van der Waals surface area (Å²) in [6.07, 6.45) is 9.38. The molecular weight excluding hydrogens is 751 g/mol. The molecule has 0 bridgehead atoms. The Balaban J connectivity index is 0.785. The van der Waals surface area contributed by atoms with Gasteiger partial charge in [-0.1, -0.05) is 0 Å². The first-order valence-corrected chi connectivity index (χ1v) is 20.9. The Morgan fingerprint density at radius 3 is 2.14 bits per heavy atom. The summed E-state index contributed by atoms with van der Waals surface area (Å²) in [6.45, 7) is 7.36. The number of piperazine rings is 1. The molecule has 1 aliphatic carbocycles. The lowest BCUT2D eigenvalue weighted by Crippen LogP contribution is -2.54. The minimum absolute atomic E-state index is 0.0616. The summed E-state index contributed by atoms with van der Waals surface area (Å²) in [5.41, 5.74) is 5.42. The van der Waals surface area contributed by atoms with Gasteiger partial charge in [0, 0.05) is 94.5 Å². The molecule has 1 saturated carbocycles. The lowest BCUT2D eigenvalue weighted by molar-refractivity contribution is -0.136. The van der Waals surface area contributed by atoms with E-state index in [4.69, 9.17) is 9.47 Å². The number of benzene rings is 2. The predicted octanol–water partition coefficient (Wildman–Crippen LogP) is 4.32. The number of hydrogen-bond acceptors (Lipinski definition) is 11. The van der Waals surface area contributed by atoms with E-state index < -0.39 is 23.8 Å². The van der Waals surface area contributed by atoms with Gasteiger partial charge in [0.05, 0.1) is 36.3 Å². The number of piperidine rings is 2. The molecule has 4 fully saturated rings. The van der Waals surface area contributed by atoms with Crippen molar-refractivity contribution in [3.05, 3.63) is 81.5 Å². The van der Waals surface area contributed by atoms with Crippen molar-refractivity contribution in [1.82, 2.24) is 29.6 Å². The van der Waals surface area contributed by atoms with Gasteiger partial charge in [-0.05, 0) is 98.3 Å². The lowest BCUT2D eigenvalue weighted by atomic mass is 9.92. The van der Waals surface area contributed by atoms with Crippen molar-refractivity contribution in [2.24, 2.45) is 13.0 Å². The first-order valence-electron chi connectivity index (χ1n) is 20.9. The van der Waals surface area contributed by atoms with Gasteiger partial charge in [0.15, 0.2) is 0 Å². The van der Waals surface area contributed by atoms with Crippen LogP contribution >= 0.6 is 0 Å². The average Bonchev–Trinajstić information content (AvgIpc) is 4.08. The summed E-state index contributed by atoms with van der Waals surface area (Å²) < 4.78 is 13.6. The summed E-state index contributed by atoms with van der Waals surface area (Å²) >= 11 is 0. The smallest absolute Gasteiger partial charge is 0.262 e. The molecule has 1 atom stereocenters. The zero-order chi connectivity index (χ0) is 40.9. The Labute approximate surface area is 343 Å². The van der Waals surface area contributed by atoms with Crippen molar-refractivity contribution in [3.8, 4) is 22.6 Å². The number of fused-ring (bicyclic) bond motifs is 2. The first kappa shape index (κ1) is 38.9. The van der Waals surface area contributed by atoms with E-state index in [9.17, 15) is 24.0 Å². The molecule has 14 nitrogen and oxygen atoms in total. The highest BCUT2D eigenvalue weighted by molar-refractivity contribution is 6.23. The normalized spacial score (nSPS) is 20.7. The third-order valence-corrected chi connectivity index (χ3v) is 13.1. The third-order valence-electron chi connectivity index (χ3n) is 13.1. The number of amides is 4. The van der Waals surface area contributed by atoms with Crippen LogP contribution in [-0.4, -0.2) is 114 Å². The van der Waals surface area contributed by atoms with Crippen molar-refractivity contribution >= 4 is 40.1 Å². The molecule has 4 aliphatic heterocycles. The molecule has 308 valence electrons. The topological polar surface area (TPSA) is 147 Å². The molecule has 2 aromatic carbocycles. The fraction of sp³-hybridized carbons (Fsp3) is 0.467. The van der Waals surface area contributed by atoms with Gasteiger partial charge in [-0.25, -0.2) is 0 Å². The van der Waals surface area contributed by atoms with Crippen LogP contribution < -0.4 is 25.2 Å². The van der Waals surface area contributed by atoms with E-state index in [1.165, 1.54) is 0 Å². The maximum atomic E-state index is 13.4. The molecule has 5 aliphatic rings. The van der Waals surface area contributed by atoms with E-state index in [2.05, 4.69) is 43.2 Å². The molecule has 6 heterocycles. The summed E-state index contributed by atoms with van der Waals surface area (Å²) in [5.74, 6) is 0.672. The molecule has 0 spiro atoms. The quantitative estimate of drug-likeness (QED) is 0.217. The number of pyridine rings is 2. The average molecular weight is 802 g/mol. The lowest BCUT2D eigenvalue weighted by Gasteiger charge is -2.37. The highest BCUT2D eigenvalue weighted by atomic mass is 16.5. The van der Waals surface area contributed by atoms with E-state index in [1.54, 1.807) is 44.2 Å². The first-order chi connectivity index (χ1) is 28.6. The SMILES string of the molecule is COc1cc(-c2cn(C)c(=O)c3cnc(C4CC4)cc23)cc(OC)c1CN1CCN(CCC2CCN(c3ccc4c(c3)C(=O)N(C3CCC(=O)NC3=O)C4=O)CC2)CC1. The van der Waals surface area contributed by atoms with Gasteiger partial charge in [0.1, 0.15) is 17.5 Å². The fourth-order valence-electron chi connectivity index (χ4n) is 9.40. The van der Waals surface area contributed by atoms with Crippen LogP contribution in [0.1, 0.15) is 82.8 Å². The molecule has 9 rings (SSSR count). The number of nitrogens with one attached hydrogen (secondary N) is 1. The van der Waals surface area contributed by atoms with Crippen molar-refractivity contribution in [3.63, 3.8) is 0 Å². The Morgan fingerprint density at radius 1 is 0.763 bits per heavy atom. The van der Waals surface area contributed by atoms with Crippen LogP contribution in [0.4, 0.5) is 5.69 Å². The van der Waals surface area contributed by atoms with E-state index in [0.717, 1.165) is 128 Å². The molecule has 14 heteroatoms. The van der Waals surface area contributed by atoms with E-state index in [1.807, 2.05) is 12.3 Å². The number of carbonyl (C=O) groups excluding carboxylic acids is 4. The molecule has 2 aromatic heterocycles. The fourth-order valence-corrected chi connectivity index (χ4v) is 9.40. The summed E-state index contributed by atoms with van der Waals surface area (Å²) in [5, 5.41) is 3.76. The summed E-state index contributed by atoms with van der Waals surface area (Å²) in [6, 6.07) is 10.6. The number of aryl methyl sites for hydroxylation is 1. The van der Waals surface area contributed by atoms with Crippen molar-refractivity contribution in [2.45, 2.75) is 63.5 Å². The molecular formula is C45H51N7O7. The van der Waals surface area contributed by atoms with Crippen LogP contribution in [0.2, 0.25) is 0 Å². The van der Waals surface area contributed by atoms with Crippen molar-refractivity contribution in [2.75, 3.05) is 64.9 Å². The Kier molecular flexibility index (Phi) is 10.5. The number of anilines is 1. The number of methoxy groups -OCH3 is 2. The maximum absolute atomic E-state index is 13.4. The largest absolute Gasteiger partial charge is 0.496 e. The number of aromatic nitrogens is 2.